The number of phosphoric acid groups is 1. The van der Waals surface area contributed by atoms with Crippen LogP contribution in [0.3, 0.4) is 0 Å². The molecule has 0 radical (unpaired) electrons. The van der Waals surface area contributed by atoms with Gasteiger partial charge in [-0.1, -0.05) is 187 Å². The van der Waals surface area contributed by atoms with Crippen molar-refractivity contribution in [2.45, 2.75) is 219 Å². The minimum atomic E-state index is -4.30. The van der Waals surface area contributed by atoms with Gasteiger partial charge in [-0.3, -0.25) is 13.8 Å². The summed E-state index contributed by atoms with van der Waals surface area (Å²) in [6.07, 6.45) is 35.4. The van der Waals surface area contributed by atoms with Gasteiger partial charge in [-0.15, -0.1) is 0 Å². The summed E-state index contributed by atoms with van der Waals surface area (Å²) in [5.41, 5.74) is 0. The molecule has 0 rings (SSSR count). The van der Waals surface area contributed by atoms with E-state index in [2.05, 4.69) is 19.2 Å². The number of hydrogen-bond donors (Lipinski definition) is 3. The maximum atomic E-state index is 12.8. The zero-order valence-electron chi connectivity index (χ0n) is 33.9. The van der Waals surface area contributed by atoms with Crippen LogP contribution >= 0.6 is 7.82 Å². The molecule has 0 aromatic heterocycles. The van der Waals surface area contributed by atoms with Crippen molar-refractivity contribution in [2.24, 2.45) is 0 Å². The third kappa shape index (κ3) is 35.9. The quantitative estimate of drug-likeness (QED) is 0.0330. The second-order valence-electron chi connectivity index (χ2n) is 16.1. The number of unbranched alkanes of at least 4 members (excludes halogenated alkanes) is 26. The number of aliphatic hydroxyl groups excluding tert-OH is 1. The summed E-state index contributed by atoms with van der Waals surface area (Å²) in [4.78, 5) is 23.1. The van der Waals surface area contributed by atoms with E-state index in [-0.39, 0.29) is 19.1 Å². The van der Waals surface area contributed by atoms with Gasteiger partial charge in [-0.2, -0.15) is 0 Å². The van der Waals surface area contributed by atoms with Crippen molar-refractivity contribution in [1.29, 1.82) is 0 Å². The van der Waals surface area contributed by atoms with E-state index < -0.39 is 20.0 Å². The highest BCUT2D eigenvalue weighted by Gasteiger charge is 2.28. The molecule has 0 heterocycles. The first kappa shape index (κ1) is 49.5. The van der Waals surface area contributed by atoms with Crippen molar-refractivity contribution in [3.8, 4) is 0 Å². The fourth-order valence-corrected chi connectivity index (χ4v) is 7.13. The minimum Gasteiger partial charge on any atom is -0.391 e. The summed E-state index contributed by atoms with van der Waals surface area (Å²) < 4.78 is 23.6. The zero-order chi connectivity index (χ0) is 37.2. The average molecular weight is 734 g/mol. The number of hydrogen-bond acceptors (Lipinski definition) is 5. The van der Waals surface area contributed by atoms with Crippen molar-refractivity contribution < 1.29 is 32.9 Å². The van der Waals surface area contributed by atoms with Crippen LogP contribution in [0.5, 0.6) is 0 Å². The van der Waals surface area contributed by atoms with Crippen molar-refractivity contribution >= 4 is 13.7 Å². The first-order valence-electron chi connectivity index (χ1n) is 21.4. The molecule has 1 unspecified atom stereocenters. The molecule has 8 nitrogen and oxygen atoms in total. The van der Waals surface area contributed by atoms with Crippen LogP contribution in [-0.2, 0) is 18.4 Å². The second-order valence-corrected chi connectivity index (χ2v) is 17.5. The summed E-state index contributed by atoms with van der Waals surface area (Å²) in [6, 6.07) is -0.751. The van der Waals surface area contributed by atoms with Gasteiger partial charge in [0, 0.05) is 6.42 Å². The average Bonchev–Trinajstić information content (AvgIpc) is 3.06. The molecule has 0 fully saturated rings. The Balaban J connectivity index is 4.37. The second kappa shape index (κ2) is 34.3. The molecular weight excluding hydrogens is 647 g/mol. The van der Waals surface area contributed by atoms with E-state index in [1.807, 2.05) is 21.1 Å². The van der Waals surface area contributed by atoms with Crippen molar-refractivity contribution in [1.82, 2.24) is 5.32 Å². The van der Waals surface area contributed by atoms with Gasteiger partial charge in [-0.05, 0) is 12.8 Å². The number of quaternary nitrogens is 1. The molecule has 3 atom stereocenters. The van der Waals surface area contributed by atoms with Gasteiger partial charge in [0.05, 0.1) is 39.9 Å². The minimum absolute atomic E-state index is 0.0784. The molecule has 0 spiro atoms. The molecule has 300 valence electrons. The molecule has 0 saturated carbocycles. The summed E-state index contributed by atoms with van der Waals surface area (Å²) in [5.74, 6) is -0.142. The predicted octanol–water partition coefficient (Wildman–Crippen LogP) is 11.4. The lowest BCUT2D eigenvalue weighted by Gasteiger charge is -2.26. The summed E-state index contributed by atoms with van der Waals surface area (Å²) in [6.45, 7) is 4.90. The predicted molar refractivity (Wildman–Crippen MR) is 212 cm³/mol. The normalized spacial score (nSPS) is 14.5. The summed E-state index contributed by atoms with van der Waals surface area (Å²) >= 11 is 0. The van der Waals surface area contributed by atoms with Crippen LogP contribution in [0.1, 0.15) is 206 Å². The fourth-order valence-electron chi connectivity index (χ4n) is 6.40. The molecule has 0 aromatic rings. The topological polar surface area (TPSA) is 105 Å². The highest BCUT2D eigenvalue weighted by Crippen LogP contribution is 2.43. The van der Waals surface area contributed by atoms with Crippen LogP contribution < -0.4 is 5.32 Å². The number of nitrogens with zero attached hydrogens (tertiary/aromatic N) is 1. The van der Waals surface area contributed by atoms with E-state index in [1.54, 1.807) is 0 Å². The Hall–Kier alpha value is -0.500. The van der Waals surface area contributed by atoms with Gasteiger partial charge >= 0.3 is 7.82 Å². The van der Waals surface area contributed by atoms with E-state index in [0.29, 0.717) is 23.9 Å². The van der Waals surface area contributed by atoms with Crippen LogP contribution in [0.2, 0.25) is 0 Å². The molecule has 0 aliphatic heterocycles. The van der Waals surface area contributed by atoms with E-state index >= 15 is 0 Å². The number of carbonyl (C=O) groups excluding carboxylic acids is 1. The Labute approximate surface area is 310 Å². The number of amides is 1. The van der Waals surface area contributed by atoms with Crippen LogP contribution in [0, 0.1) is 0 Å². The molecule has 0 bridgehead atoms. The Kier molecular flexibility index (Phi) is 33.9. The molecule has 3 N–H and O–H groups in total. The monoisotopic (exact) mass is 734 g/mol. The van der Waals surface area contributed by atoms with Gasteiger partial charge in [0.15, 0.2) is 0 Å². The highest BCUT2D eigenvalue weighted by atomic mass is 31.2. The van der Waals surface area contributed by atoms with Crippen molar-refractivity contribution in [3.63, 3.8) is 0 Å². The van der Waals surface area contributed by atoms with Gasteiger partial charge < -0.3 is 19.8 Å². The number of carbonyl (C=O) groups is 1. The fraction of sp³-hybridized carbons (Fsp3) is 0.976. The van der Waals surface area contributed by atoms with Crippen molar-refractivity contribution in [2.75, 3.05) is 40.9 Å². The van der Waals surface area contributed by atoms with Gasteiger partial charge in [-0.25, -0.2) is 4.57 Å². The smallest absolute Gasteiger partial charge is 0.391 e. The number of rotatable bonds is 39. The Morgan fingerprint density at radius 2 is 0.960 bits per heavy atom. The molecule has 1 amide bonds. The summed E-state index contributed by atoms with van der Waals surface area (Å²) in [5, 5.41) is 13.9. The van der Waals surface area contributed by atoms with E-state index in [1.165, 1.54) is 141 Å². The first-order chi connectivity index (χ1) is 24.0. The van der Waals surface area contributed by atoms with Crippen LogP contribution in [0.25, 0.3) is 0 Å². The Morgan fingerprint density at radius 1 is 0.600 bits per heavy atom. The van der Waals surface area contributed by atoms with Gasteiger partial charge in [0.25, 0.3) is 0 Å². The third-order valence-corrected chi connectivity index (χ3v) is 10.8. The SMILES string of the molecule is CCCCCCCCCCCCCCCCC(=O)N[C@@H](COP(=O)(O)OCC[N+](C)(C)C)[C@H](O)CCCCCCCCCCCCCCCC. The van der Waals surface area contributed by atoms with Crippen molar-refractivity contribution in [3.05, 3.63) is 0 Å². The number of aliphatic hydroxyl groups is 1. The molecule has 0 saturated heterocycles. The molecule has 50 heavy (non-hydrogen) atoms. The van der Waals surface area contributed by atoms with Crippen LogP contribution in [-0.4, -0.2) is 73.4 Å². The summed E-state index contributed by atoms with van der Waals surface area (Å²) in [7, 11) is 1.63. The maximum Gasteiger partial charge on any atom is 0.472 e. The van der Waals surface area contributed by atoms with Gasteiger partial charge in [0.1, 0.15) is 13.2 Å². The molecule has 9 heteroatoms. The first-order valence-corrected chi connectivity index (χ1v) is 22.9. The lowest BCUT2D eigenvalue weighted by atomic mass is 10.0. The lowest BCUT2D eigenvalue weighted by molar-refractivity contribution is -0.870. The zero-order valence-corrected chi connectivity index (χ0v) is 34.8. The number of phosphoric ester groups is 1. The number of likely N-dealkylation sites (N-methyl/N-ethyl adjacent to an activating group) is 1. The maximum absolute atomic E-state index is 12.8. The van der Waals surface area contributed by atoms with Gasteiger partial charge in [0.2, 0.25) is 5.91 Å². The molecule has 0 aliphatic rings. The molecular formula is C41H86N2O6P+. The van der Waals surface area contributed by atoms with Crippen LogP contribution in [0.4, 0.5) is 0 Å². The van der Waals surface area contributed by atoms with E-state index in [0.717, 1.165) is 38.5 Å². The number of nitrogens with one attached hydrogen (secondary N) is 1. The lowest BCUT2D eigenvalue weighted by Crippen LogP contribution is -2.46. The third-order valence-electron chi connectivity index (χ3n) is 9.86. The van der Waals surface area contributed by atoms with E-state index in [4.69, 9.17) is 9.05 Å². The Bertz CT molecular complexity index is 794. The molecule has 0 aliphatic carbocycles. The molecule has 0 aromatic carbocycles. The standard InChI is InChI=1S/C41H85N2O6P/c1-6-8-10-12-14-16-18-20-22-24-26-28-30-32-34-40(44)39(38-49-50(46,47)48-37-36-43(3,4)5)42-41(45)35-33-31-29-27-25-23-21-19-17-15-13-11-9-7-2/h39-40,44H,6-38H2,1-5H3,(H-,42,45,46,47)/p+1/t39-,40+/m0/s1. The van der Waals surface area contributed by atoms with E-state index in [9.17, 15) is 19.4 Å². The highest BCUT2D eigenvalue weighted by molar-refractivity contribution is 7.47. The Morgan fingerprint density at radius 3 is 1.34 bits per heavy atom. The van der Waals surface area contributed by atoms with Crippen LogP contribution in [0.15, 0.2) is 0 Å². The largest absolute Gasteiger partial charge is 0.472 e.